The van der Waals surface area contributed by atoms with E-state index in [2.05, 4.69) is 38.5 Å². The van der Waals surface area contributed by atoms with Crippen LogP contribution in [0.5, 0.6) is 0 Å². The first-order chi connectivity index (χ1) is 11.9. The van der Waals surface area contributed by atoms with Gasteiger partial charge in [0.25, 0.3) is 0 Å². The van der Waals surface area contributed by atoms with Crippen LogP contribution in [0.3, 0.4) is 0 Å². The van der Waals surface area contributed by atoms with E-state index in [1.165, 1.54) is 43.1 Å². The lowest BCUT2D eigenvalue weighted by molar-refractivity contribution is 0.593. The number of H-pyrrole nitrogens is 1. The standard InChI is InChI=1S/C20H26N4/c1-21-11-6-4-2-3-5-7-20-23-15-19(24-20)17-9-8-16-10-12-22-14-18(16)13-17/h8-10,12-15,21H,2-7,11H2,1H3,(H,23,24). The van der Waals surface area contributed by atoms with Crippen LogP contribution in [-0.2, 0) is 6.42 Å². The predicted molar refractivity (Wildman–Crippen MR) is 100 cm³/mol. The summed E-state index contributed by atoms with van der Waals surface area (Å²) < 4.78 is 0. The molecule has 4 nitrogen and oxygen atoms in total. The fraction of sp³-hybridized carbons (Fsp3) is 0.400. The number of hydrogen-bond donors (Lipinski definition) is 2. The number of unbranched alkanes of at least 4 members (excludes halogenated alkanes) is 4. The SMILES string of the molecule is CNCCCCCCCc1ncc(-c2ccc3ccncc3c2)[nH]1. The van der Waals surface area contributed by atoms with Crippen molar-refractivity contribution in [2.75, 3.05) is 13.6 Å². The van der Waals surface area contributed by atoms with Crippen molar-refractivity contribution in [1.82, 2.24) is 20.3 Å². The van der Waals surface area contributed by atoms with Gasteiger partial charge in [-0.3, -0.25) is 4.98 Å². The normalized spacial score (nSPS) is 11.2. The van der Waals surface area contributed by atoms with E-state index >= 15 is 0 Å². The van der Waals surface area contributed by atoms with Crippen molar-refractivity contribution in [3.63, 3.8) is 0 Å². The topological polar surface area (TPSA) is 53.6 Å². The number of benzene rings is 1. The molecule has 0 atom stereocenters. The van der Waals surface area contributed by atoms with Gasteiger partial charge >= 0.3 is 0 Å². The zero-order valence-corrected chi connectivity index (χ0v) is 14.4. The smallest absolute Gasteiger partial charge is 0.106 e. The second-order valence-electron chi connectivity index (χ2n) is 6.30. The fourth-order valence-electron chi connectivity index (χ4n) is 3.01. The van der Waals surface area contributed by atoms with Gasteiger partial charge in [-0.2, -0.15) is 0 Å². The molecular formula is C20H26N4. The third kappa shape index (κ3) is 4.42. The Hall–Kier alpha value is -2.20. The molecule has 3 aromatic rings. The molecule has 2 N–H and O–H groups in total. The number of aromatic nitrogens is 3. The molecule has 0 amide bonds. The van der Waals surface area contributed by atoms with Gasteiger partial charge in [-0.25, -0.2) is 4.98 Å². The average Bonchev–Trinajstić information content (AvgIpc) is 3.09. The minimum atomic E-state index is 1.03. The van der Waals surface area contributed by atoms with E-state index in [9.17, 15) is 0 Å². The number of nitrogens with zero attached hydrogens (tertiary/aromatic N) is 2. The Labute approximate surface area is 143 Å². The van der Waals surface area contributed by atoms with Crippen molar-refractivity contribution >= 4 is 10.8 Å². The van der Waals surface area contributed by atoms with Gasteiger partial charge in [0.2, 0.25) is 0 Å². The summed E-state index contributed by atoms with van der Waals surface area (Å²) in [6.45, 7) is 1.13. The van der Waals surface area contributed by atoms with Gasteiger partial charge in [0.05, 0.1) is 11.9 Å². The molecule has 126 valence electrons. The van der Waals surface area contributed by atoms with Gasteiger partial charge in [0, 0.05) is 29.8 Å². The summed E-state index contributed by atoms with van der Waals surface area (Å²) in [4.78, 5) is 12.2. The largest absolute Gasteiger partial charge is 0.342 e. The van der Waals surface area contributed by atoms with E-state index in [1.54, 1.807) is 0 Å². The molecular weight excluding hydrogens is 296 g/mol. The third-order valence-electron chi connectivity index (χ3n) is 4.42. The number of rotatable bonds is 9. The summed E-state index contributed by atoms with van der Waals surface area (Å²) in [5.41, 5.74) is 2.26. The molecule has 0 saturated carbocycles. The molecule has 0 saturated heterocycles. The summed E-state index contributed by atoms with van der Waals surface area (Å²) in [5, 5.41) is 5.57. The molecule has 4 heteroatoms. The van der Waals surface area contributed by atoms with Crippen molar-refractivity contribution in [2.24, 2.45) is 0 Å². The first-order valence-corrected chi connectivity index (χ1v) is 8.89. The number of hydrogen-bond acceptors (Lipinski definition) is 3. The second kappa shape index (κ2) is 8.60. The Balaban J connectivity index is 1.53. The zero-order valence-electron chi connectivity index (χ0n) is 14.4. The van der Waals surface area contributed by atoms with E-state index in [-0.39, 0.29) is 0 Å². The molecule has 2 heterocycles. The Bertz CT molecular complexity index is 763. The van der Waals surface area contributed by atoms with Crippen LogP contribution in [0.4, 0.5) is 0 Å². The summed E-state index contributed by atoms with van der Waals surface area (Å²) in [6, 6.07) is 8.48. The Kier molecular flexibility index (Phi) is 5.96. The van der Waals surface area contributed by atoms with Gasteiger partial charge in [0.15, 0.2) is 0 Å². The number of imidazole rings is 1. The Morgan fingerprint density at radius 1 is 0.958 bits per heavy atom. The van der Waals surface area contributed by atoms with Crippen LogP contribution in [0.1, 0.15) is 37.9 Å². The van der Waals surface area contributed by atoms with E-state index in [0.717, 1.165) is 29.9 Å². The summed E-state index contributed by atoms with van der Waals surface area (Å²) in [7, 11) is 2.01. The monoisotopic (exact) mass is 322 g/mol. The van der Waals surface area contributed by atoms with Crippen molar-refractivity contribution in [3.05, 3.63) is 48.7 Å². The number of nitrogens with one attached hydrogen (secondary N) is 2. The molecule has 1 aromatic carbocycles. The first kappa shape index (κ1) is 16.7. The van der Waals surface area contributed by atoms with Crippen LogP contribution in [0.15, 0.2) is 42.9 Å². The van der Waals surface area contributed by atoms with Gasteiger partial charge in [-0.15, -0.1) is 0 Å². The number of pyridine rings is 1. The summed E-state index contributed by atoms with van der Waals surface area (Å²) in [5.74, 6) is 1.09. The molecule has 0 aliphatic rings. The highest BCUT2D eigenvalue weighted by Gasteiger charge is 2.04. The molecule has 0 fully saturated rings. The number of fused-ring (bicyclic) bond motifs is 1. The molecule has 0 aliphatic heterocycles. The Morgan fingerprint density at radius 2 is 1.83 bits per heavy atom. The van der Waals surface area contributed by atoms with E-state index in [1.807, 2.05) is 31.7 Å². The van der Waals surface area contributed by atoms with Crippen LogP contribution in [0.25, 0.3) is 22.0 Å². The van der Waals surface area contributed by atoms with Gasteiger partial charge in [-0.05, 0) is 44.0 Å². The van der Waals surface area contributed by atoms with Crippen LogP contribution in [0, 0.1) is 0 Å². The number of aryl methyl sites for hydroxylation is 1. The summed E-state index contributed by atoms with van der Waals surface area (Å²) >= 11 is 0. The van der Waals surface area contributed by atoms with Crippen molar-refractivity contribution in [2.45, 2.75) is 38.5 Å². The summed E-state index contributed by atoms with van der Waals surface area (Å²) in [6.07, 6.45) is 13.1. The lowest BCUT2D eigenvalue weighted by Crippen LogP contribution is -2.06. The highest BCUT2D eigenvalue weighted by molar-refractivity contribution is 5.85. The zero-order chi connectivity index (χ0) is 16.6. The minimum Gasteiger partial charge on any atom is -0.342 e. The van der Waals surface area contributed by atoms with Gasteiger partial charge < -0.3 is 10.3 Å². The highest BCUT2D eigenvalue weighted by atomic mass is 14.9. The van der Waals surface area contributed by atoms with Crippen LogP contribution < -0.4 is 5.32 Å². The van der Waals surface area contributed by atoms with Crippen molar-refractivity contribution in [1.29, 1.82) is 0 Å². The van der Waals surface area contributed by atoms with Crippen LogP contribution in [-0.4, -0.2) is 28.5 Å². The van der Waals surface area contributed by atoms with E-state index in [0.29, 0.717) is 0 Å². The molecule has 0 aliphatic carbocycles. The highest BCUT2D eigenvalue weighted by Crippen LogP contribution is 2.22. The van der Waals surface area contributed by atoms with Crippen LogP contribution >= 0.6 is 0 Å². The molecule has 0 unspecified atom stereocenters. The molecule has 0 spiro atoms. The maximum absolute atomic E-state index is 4.54. The van der Waals surface area contributed by atoms with Crippen molar-refractivity contribution < 1.29 is 0 Å². The number of aromatic amines is 1. The quantitative estimate of drug-likeness (QED) is 0.576. The Morgan fingerprint density at radius 3 is 2.75 bits per heavy atom. The molecule has 2 aromatic heterocycles. The van der Waals surface area contributed by atoms with Crippen LogP contribution in [0.2, 0.25) is 0 Å². The maximum atomic E-state index is 4.54. The fourth-order valence-corrected chi connectivity index (χ4v) is 3.01. The van der Waals surface area contributed by atoms with Gasteiger partial charge in [0.1, 0.15) is 5.82 Å². The average molecular weight is 322 g/mol. The van der Waals surface area contributed by atoms with Crippen molar-refractivity contribution in [3.8, 4) is 11.3 Å². The lowest BCUT2D eigenvalue weighted by atomic mass is 10.1. The first-order valence-electron chi connectivity index (χ1n) is 8.89. The minimum absolute atomic E-state index is 1.03. The van der Waals surface area contributed by atoms with Gasteiger partial charge in [-0.1, -0.05) is 31.4 Å². The van der Waals surface area contributed by atoms with E-state index in [4.69, 9.17) is 0 Å². The molecule has 3 rings (SSSR count). The molecule has 0 radical (unpaired) electrons. The molecule has 0 bridgehead atoms. The maximum Gasteiger partial charge on any atom is 0.106 e. The van der Waals surface area contributed by atoms with E-state index < -0.39 is 0 Å². The molecule has 24 heavy (non-hydrogen) atoms. The predicted octanol–water partition coefficient (Wildman–Crippen LogP) is 4.34. The lowest BCUT2D eigenvalue weighted by Gasteiger charge is -2.02. The third-order valence-corrected chi connectivity index (χ3v) is 4.42. The second-order valence-corrected chi connectivity index (χ2v) is 6.30.